The lowest BCUT2D eigenvalue weighted by molar-refractivity contribution is -0.143. The maximum Gasteiger partial charge on any atom is 0.326 e. The predicted octanol–water partition coefficient (Wildman–Crippen LogP) is 1.18. The Morgan fingerprint density at radius 1 is 1.57 bits per heavy atom. The van der Waals surface area contributed by atoms with E-state index in [9.17, 15) is 9.59 Å². The van der Waals surface area contributed by atoms with Gasteiger partial charge in [-0.3, -0.25) is 4.79 Å². The molecule has 2 unspecified atom stereocenters. The van der Waals surface area contributed by atoms with E-state index >= 15 is 0 Å². The lowest BCUT2D eigenvalue weighted by Crippen LogP contribution is -2.44. The lowest BCUT2D eigenvalue weighted by Gasteiger charge is -2.19. The molecule has 0 heterocycles. The molecule has 0 rings (SSSR count). The first kappa shape index (κ1) is 12.7. The zero-order chi connectivity index (χ0) is 11.1. The van der Waals surface area contributed by atoms with E-state index in [4.69, 9.17) is 5.11 Å². The Morgan fingerprint density at radius 3 is 2.50 bits per heavy atom. The number of nitrogens with one attached hydrogen (secondary N) is 1. The largest absolute Gasteiger partial charge is 0.480 e. The van der Waals surface area contributed by atoms with Crippen LogP contribution in [0.15, 0.2) is 12.7 Å². The van der Waals surface area contributed by atoms with Crippen LogP contribution in [0.4, 0.5) is 0 Å². The predicted molar refractivity (Wildman–Crippen MR) is 53.8 cm³/mol. The molecule has 2 atom stereocenters. The van der Waals surface area contributed by atoms with Gasteiger partial charge in [0.25, 0.3) is 0 Å². The molecule has 4 heteroatoms. The Balaban J connectivity index is 4.29. The SMILES string of the molecule is C=CCC(=O)NC(C(=O)O)C(C)CC. The van der Waals surface area contributed by atoms with Crippen molar-refractivity contribution in [2.75, 3.05) is 0 Å². The number of carbonyl (C=O) groups excluding carboxylic acids is 1. The van der Waals surface area contributed by atoms with Crippen LogP contribution in [0.5, 0.6) is 0 Å². The maximum atomic E-state index is 11.1. The smallest absolute Gasteiger partial charge is 0.326 e. The Hall–Kier alpha value is -1.32. The highest BCUT2D eigenvalue weighted by molar-refractivity contribution is 5.84. The average Bonchev–Trinajstić information content (AvgIpc) is 2.13. The topological polar surface area (TPSA) is 66.4 Å². The van der Waals surface area contributed by atoms with Gasteiger partial charge < -0.3 is 10.4 Å². The van der Waals surface area contributed by atoms with Crippen LogP contribution in [0, 0.1) is 5.92 Å². The second kappa shape index (κ2) is 6.18. The van der Waals surface area contributed by atoms with Crippen LogP contribution in [0.25, 0.3) is 0 Å². The van der Waals surface area contributed by atoms with Crippen molar-refractivity contribution >= 4 is 11.9 Å². The molecule has 0 aromatic rings. The quantitative estimate of drug-likeness (QED) is 0.631. The van der Waals surface area contributed by atoms with Gasteiger partial charge in [0.1, 0.15) is 6.04 Å². The Morgan fingerprint density at radius 2 is 2.14 bits per heavy atom. The fraction of sp³-hybridized carbons (Fsp3) is 0.600. The van der Waals surface area contributed by atoms with Gasteiger partial charge in [-0.05, 0) is 5.92 Å². The van der Waals surface area contributed by atoms with Gasteiger partial charge in [0, 0.05) is 6.42 Å². The number of hydrogen-bond acceptors (Lipinski definition) is 2. The molecular weight excluding hydrogens is 182 g/mol. The van der Waals surface area contributed by atoms with E-state index in [0.717, 1.165) is 0 Å². The number of hydrogen-bond donors (Lipinski definition) is 2. The summed E-state index contributed by atoms with van der Waals surface area (Å²) in [6.07, 6.45) is 2.32. The molecule has 0 bridgehead atoms. The summed E-state index contributed by atoms with van der Waals surface area (Å²) >= 11 is 0. The second-order valence-corrected chi connectivity index (χ2v) is 3.26. The fourth-order valence-corrected chi connectivity index (χ4v) is 1.05. The summed E-state index contributed by atoms with van der Waals surface area (Å²) in [7, 11) is 0. The number of rotatable bonds is 6. The molecule has 0 saturated heterocycles. The normalized spacial score (nSPS) is 14.1. The summed E-state index contributed by atoms with van der Waals surface area (Å²) in [5.41, 5.74) is 0. The van der Waals surface area contributed by atoms with Crippen molar-refractivity contribution < 1.29 is 14.7 Å². The Kier molecular flexibility index (Phi) is 5.60. The van der Waals surface area contributed by atoms with Crippen LogP contribution in [-0.4, -0.2) is 23.0 Å². The van der Waals surface area contributed by atoms with Gasteiger partial charge in [0.05, 0.1) is 0 Å². The maximum absolute atomic E-state index is 11.1. The molecule has 0 aromatic carbocycles. The highest BCUT2D eigenvalue weighted by Crippen LogP contribution is 2.07. The van der Waals surface area contributed by atoms with Crippen LogP contribution in [0.3, 0.4) is 0 Å². The molecule has 1 amide bonds. The molecule has 0 fully saturated rings. The number of aliphatic carboxylic acids is 1. The van der Waals surface area contributed by atoms with Crippen molar-refractivity contribution in [2.24, 2.45) is 5.92 Å². The molecule has 0 aliphatic carbocycles. The number of amides is 1. The van der Waals surface area contributed by atoms with E-state index in [1.807, 2.05) is 6.92 Å². The summed E-state index contributed by atoms with van der Waals surface area (Å²) < 4.78 is 0. The molecule has 0 aliphatic rings. The summed E-state index contributed by atoms with van der Waals surface area (Å²) in [6.45, 7) is 7.10. The lowest BCUT2D eigenvalue weighted by atomic mass is 9.99. The van der Waals surface area contributed by atoms with Crippen LogP contribution in [0.1, 0.15) is 26.7 Å². The Labute approximate surface area is 84.0 Å². The van der Waals surface area contributed by atoms with Crippen molar-refractivity contribution in [3.8, 4) is 0 Å². The van der Waals surface area contributed by atoms with E-state index < -0.39 is 12.0 Å². The second-order valence-electron chi connectivity index (χ2n) is 3.26. The summed E-state index contributed by atoms with van der Waals surface area (Å²) in [6, 6.07) is -0.799. The van der Waals surface area contributed by atoms with Gasteiger partial charge in [-0.15, -0.1) is 6.58 Å². The van der Waals surface area contributed by atoms with Crippen molar-refractivity contribution in [2.45, 2.75) is 32.7 Å². The fourth-order valence-electron chi connectivity index (χ4n) is 1.05. The minimum atomic E-state index is -0.989. The van der Waals surface area contributed by atoms with E-state index in [0.29, 0.717) is 6.42 Å². The third kappa shape index (κ3) is 4.07. The molecule has 14 heavy (non-hydrogen) atoms. The first-order valence-electron chi connectivity index (χ1n) is 4.66. The molecule has 0 saturated carbocycles. The third-order valence-electron chi connectivity index (χ3n) is 2.13. The first-order chi connectivity index (χ1) is 6.52. The van der Waals surface area contributed by atoms with Crippen molar-refractivity contribution in [3.63, 3.8) is 0 Å². The van der Waals surface area contributed by atoms with Crippen molar-refractivity contribution in [1.82, 2.24) is 5.32 Å². The van der Waals surface area contributed by atoms with E-state index in [1.54, 1.807) is 6.92 Å². The van der Waals surface area contributed by atoms with E-state index in [1.165, 1.54) is 6.08 Å². The number of carbonyl (C=O) groups is 2. The average molecular weight is 199 g/mol. The summed E-state index contributed by atoms with van der Waals surface area (Å²) in [4.78, 5) is 21.9. The van der Waals surface area contributed by atoms with Gasteiger partial charge in [-0.2, -0.15) is 0 Å². The third-order valence-corrected chi connectivity index (χ3v) is 2.13. The van der Waals surface area contributed by atoms with Gasteiger partial charge in [-0.1, -0.05) is 26.3 Å². The van der Waals surface area contributed by atoms with Crippen LogP contribution >= 0.6 is 0 Å². The van der Waals surface area contributed by atoms with Gasteiger partial charge >= 0.3 is 5.97 Å². The molecule has 0 aliphatic heterocycles. The zero-order valence-corrected chi connectivity index (χ0v) is 8.62. The summed E-state index contributed by atoms with van der Waals surface area (Å²) in [5.74, 6) is -1.36. The van der Waals surface area contributed by atoms with Gasteiger partial charge in [-0.25, -0.2) is 4.79 Å². The minimum absolute atomic E-state index is 0.0683. The van der Waals surface area contributed by atoms with Crippen molar-refractivity contribution in [3.05, 3.63) is 12.7 Å². The van der Waals surface area contributed by atoms with E-state index in [-0.39, 0.29) is 18.2 Å². The number of carboxylic acid groups (broad SMARTS) is 1. The molecule has 2 N–H and O–H groups in total. The molecule has 0 aromatic heterocycles. The van der Waals surface area contributed by atoms with Crippen LogP contribution < -0.4 is 5.32 Å². The molecule has 80 valence electrons. The Bertz CT molecular complexity index is 225. The number of carboxylic acids is 1. The van der Waals surface area contributed by atoms with Crippen LogP contribution in [-0.2, 0) is 9.59 Å². The van der Waals surface area contributed by atoms with Gasteiger partial charge in [0.2, 0.25) is 5.91 Å². The highest BCUT2D eigenvalue weighted by Gasteiger charge is 2.24. The van der Waals surface area contributed by atoms with E-state index in [2.05, 4.69) is 11.9 Å². The molecular formula is C10H17NO3. The molecule has 4 nitrogen and oxygen atoms in total. The minimum Gasteiger partial charge on any atom is -0.480 e. The summed E-state index contributed by atoms with van der Waals surface area (Å²) in [5, 5.41) is 11.3. The first-order valence-corrected chi connectivity index (χ1v) is 4.66. The van der Waals surface area contributed by atoms with Crippen LogP contribution in [0.2, 0.25) is 0 Å². The molecule has 0 radical (unpaired) electrons. The highest BCUT2D eigenvalue weighted by atomic mass is 16.4. The van der Waals surface area contributed by atoms with Gasteiger partial charge in [0.15, 0.2) is 0 Å². The standard InChI is InChI=1S/C10H17NO3/c1-4-6-8(12)11-9(10(13)14)7(3)5-2/h4,7,9H,1,5-6H2,2-3H3,(H,11,12)(H,13,14). The molecule has 0 spiro atoms. The monoisotopic (exact) mass is 199 g/mol. The van der Waals surface area contributed by atoms with Crippen molar-refractivity contribution in [1.29, 1.82) is 0 Å². The zero-order valence-electron chi connectivity index (χ0n) is 8.62.